The first-order valence-electron chi connectivity index (χ1n) is 4.82. The lowest BCUT2D eigenvalue weighted by atomic mass is 9.80. The quantitative estimate of drug-likeness (QED) is 0.684. The molecule has 0 amide bonds. The van der Waals surface area contributed by atoms with Gasteiger partial charge in [0.2, 0.25) is 0 Å². The van der Waals surface area contributed by atoms with Gasteiger partial charge >= 0.3 is 0 Å². The molecule has 2 heteroatoms. The van der Waals surface area contributed by atoms with Crippen molar-refractivity contribution in [2.75, 3.05) is 6.61 Å². The summed E-state index contributed by atoms with van der Waals surface area (Å²) in [7, 11) is 0. The Morgan fingerprint density at radius 3 is 2.17 bits per heavy atom. The van der Waals surface area contributed by atoms with Gasteiger partial charge in [-0.1, -0.05) is 12.2 Å². The van der Waals surface area contributed by atoms with Crippen LogP contribution in [-0.2, 0) is 0 Å². The van der Waals surface area contributed by atoms with Crippen molar-refractivity contribution in [1.29, 1.82) is 0 Å². The molecule has 0 saturated heterocycles. The van der Waals surface area contributed by atoms with Crippen LogP contribution in [0.1, 0.15) is 39.0 Å². The average molecular weight is 186 g/mol. The highest BCUT2D eigenvalue weighted by atomic mass is 32.1. The molecular formula is C10H18OS. The summed E-state index contributed by atoms with van der Waals surface area (Å²) in [6.45, 7) is 2.41. The van der Waals surface area contributed by atoms with Crippen molar-refractivity contribution in [3.8, 4) is 0 Å². The summed E-state index contributed by atoms with van der Waals surface area (Å²) in [4.78, 5) is 1.14. The summed E-state index contributed by atoms with van der Waals surface area (Å²) in [5.41, 5.74) is 0. The molecule has 0 aromatic carbocycles. The Morgan fingerprint density at radius 1 is 1.25 bits per heavy atom. The van der Waals surface area contributed by atoms with Crippen molar-refractivity contribution in [3.05, 3.63) is 0 Å². The van der Waals surface area contributed by atoms with Gasteiger partial charge in [0.05, 0.1) is 0 Å². The van der Waals surface area contributed by atoms with Crippen molar-refractivity contribution < 1.29 is 5.11 Å². The summed E-state index contributed by atoms with van der Waals surface area (Å²) in [6, 6.07) is 0. The third-order valence-electron chi connectivity index (χ3n) is 2.80. The fourth-order valence-corrected chi connectivity index (χ4v) is 2.26. The number of hydrogen-bond donors (Lipinski definition) is 1. The smallest absolute Gasteiger partial charge is 0.0459 e. The van der Waals surface area contributed by atoms with Gasteiger partial charge in [0.25, 0.3) is 0 Å². The summed E-state index contributed by atoms with van der Waals surface area (Å²) >= 11 is 5.08. The lowest BCUT2D eigenvalue weighted by Gasteiger charge is -2.26. The number of thiocarbonyl (C=S) groups is 1. The first-order chi connectivity index (χ1) is 5.72. The summed E-state index contributed by atoms with van der Waals surface area (Å²) in [5.74, 6) is 1.39. The van der Waals surface area contributed by atoms with Crippen molar-refractivity contribution in [2.45, 2.75) is 39.0 Å². The molecule has 1 N–H and O–H groups in total. The third-order valence-corrected chi connectivity index (χ3v) is 2.97. The fraction of sp³-hybridized carbons (Fsp3) is 0.900. The number of aliphatic hydroxyl groups excluding tert-OH is 1. The zero-order valence-electron chi connectivity index (χ0n) is 7.75. The van der Waals surface area contributed by atoms with E-state index in [-0.39, 0.29) is 0 Å². The van der Waals surface area contributed by atoms with Crippen LogP contribution in [0.3, 0.4) is 0 Å². The second-order valence-electron chi connectivity index (χ2n) is 3.98. The molecule has 0 aromatic heterocycles. The zero-order chi connectivity index (χ0) is 8.97. The zero-order valence-corrected chi connectivity index (χ0v) is 8.57. The van der Waals surface area contributed by atoms with Crippen molar-refractivity contribution in [3.63, 3.8) is 0 Å². The molecule has 70 valence electrons. The monoisotopic (exact) mass is 186 g/mol. The number of rotatable bonds is 3. The summed E-state index contributed by atoms with van der Waals surface area (Å²) < 4.78 is 0. The molecule has 1 fully saturated rings. The molecule has 0 spiro atoms. The molecule has 12 heavy (non-hydrogen) atoms. The van der Waals surface area contributed by atoms with Crippen LogP contribution in [0, 0.1) is 11.8 Å². The Hall–Kier alpha value is 0.0500. The maximum Gasteiger partial charge on any atom is 0.0459 e. The molecule has 1 aliphatic rings. The SMILES string of the molecule is CC(=S)CC1CCC(CO)CC1. The molecule has 1 rings (SSSR count). The van der Waals surface area contributed by atoms with Crippen LogP contribution in [-0.4, -0.2) is 16.6 Å². The van der Waals surface area contributed by atoms with Gasteiger partial charge < -0.3 is 5.11 Å². The number of aliphatic hydroxyl groups is 1. The van der Waals surface area contributed by atoms with Gasteiger partial charge in [-0.05, 0) is 55.7 Å². The molecule has 0 atom stereocenters. The molecule has 0 bridgehead atoms. The Kier molecular flexibility index (Phi) is 4.16. The van der Waals surface area contributed by atoms with E-state index in [4.69, 9.17) is 17.3 Å². The minimum atomic E-state index is 0.378. The Bertz CT molecular complexity index is 148. The predicted octanol–water partition coefficient (Wildman–Crippen LogP) is 2.57. The van der Waals surface area contributed by atoms with Gasteiger partial charge in [-0.3, -0.25) is 0 Å². The first kappa shape index (κ1) is 10.1. The Labute approximate surface area is 80.2 Å². The second-order valence-corrected chi connectivity index (χ2v) is 4.67. The summed E-state index contributed by atoms with van der Waals surface area (Å²) in [5, 5.41) is 8.93. The minimum Gasteiger partial charge on any atom is -0.396 e. The van der Waals surface area contributed by atoms with Crippen LogP contribution < -0.4 is 0 Å². The van der Waals surface area contributed by atoms with Gasteiger partial charge in [0.15, 0.2) is 0 Å². The minimum absolute atomic E-state index is 0.378. The maximum atomic E-state index is 8.93. The van der Waals surface area contributed by atoms with E-state index in [1.165, 1.54) is 25.7 Å². The topological polar surface area (TPSA) is 20.2 Å². The molecule has 0 radical (unpaired) electrons. The van der Waals surface area contributed by atoms with Crippen LogP contribution in [0.2, 0.25) is 0 Å². The van der Waals surface area contributed by atoms with Crippen LogP contribution in [0.4, 0.5) is 0 Å². The maximum absolute atomic E-state index is 8.93. The van der Waals surface area contributed by atoms with E-state index in [1.807, 2.05) is 6.92 Å². The van der Waals surface area contributed by atoms with E-state index >= 15 is 0 Å². The third kappa shape index (κ3) is 3.20. The van der Waals surface area contributed by atoms with Gasteiger partial charge in [-0.25, -0.2) is 0 Å². The molecular weight excluding hydrogens is 168 g/mol. The lowest BCUT2D eigenvalue weighted by molar-refractivity contribution is 0.169. The van der Waals surface area contributed by atoms with Crippen LogP contribution in [0.5, 0.6) is 0 Å². The van der Waals surface area contributed by atoms with E-state index in [2.05, 4.69) is 0 Å². The largest absolute Gasteiger partial charge is 0.396 e. The van der Waals surface area contributed by atoms with Crippen molar-refractivity contribution in [1.82, 2.24) is 0 Å². The highest BCUT2D eigenvalue weighted by Gasteiger charge is 2.20. The number of hydrogen-bond acceptors (Lipinski definition) is 2. The highest BCUT2D eigenvalue weighted by molar-refractivity contribution is 7.80. The predicted molar refractivity (Wildman–Crippen MR) is 55.4 cm³/mol. The van der Waals surface area contributed by atoms with Gasteiger partial charge in [0, 0.05) is 6.61 Å². The van der Waals surface area contributed by atoms with E-state index in [9.17, 15) is 0 Å². The van der Waals surface area contributed by atoms with E-state index in [0.29, 0.717) is 12.5 Å². The van der Waals surface area contributed by atoms with Gasteiger partial charge in [-0.15, -0.1) is 0 Å². The van der Waals surface area contributed by atoms with E-state index < -0.39 is 0 Å². The second kappa shape index (κ2) is 4.93. The molecule has 0 unspecified atom stereocenters. The lowest BCUT2D eigenvalue weighted by Crippen LogP contribution is -2.18. The van der Waals surface area contributed by atoms with Gasteiger partial charge in [0.1, 0.15) is 0 Å². The molecule has 1 aliphatic carbocycles. The van der Waals surface area contributed by atoms with Crippen LogP contribution in [0.25, 0.3) is 0 Å². The molecule has 0 aromatic rings. The van der Waals surface area contributed by atoms with E-state index in [1.54, 1.807) is 0 Å². The molecule has 0 heterocycles. The molecule has 1 nitrogen and oxygen atoms in total. The highest BCUT2D eigenvalue weighted by Crippen LogP contribution is 2.30. The summed E-state index contributed by atoms with van der Waals surface area (Å²) in [6.07, 6.45) is 6.04. The Morgan fingerprint density at radius 2 is 1.75 bits per heavy atom. The van der Waals surface area contributed by atoms with Gasteiger partial charge in [-0.2, -0.15) is 0 Å². The van der Waals surface area contributed by atoms with E-state index in [0.717, 1.165) is 17.2 Å². The normalized spacial score (nSPS) is 30.2. The molecule has 0 aliphatic heterocycles. The van der Waals surface area contributed by atoms with Crippen LogP contribution >= 0.6 is 12.2 Å². The Balaban J connectivity index is 2.21. The van der Waals surface area contributed by atoms with Crippen LogP contribution in [0.15, 0.2) is 0 Å². The fourth-order valence-electron chi connectivity index (χ4n) is 2.02. The standard InChI is InChI=1S/C10H18OS/c1-8(12)6-9-2-4-10(7-11)5-3-9/h9-11H,2-7H2,1H3. The average Bonchev–Trinajstić information content (AvgIpc) is 2.05. The van der Waals surface area contributed by atoms with Crippen molar-refractivity contribution in [2.24, 2.45) is 11.8 Å². The van der Waals surface area contributed by atoms with Crippen molar-refractivity contribution >= 4 is 17.1 Å². The first-order valence-corrected chi connectivity index (χ1v) is 5.23. The molecule has 1 saturated carbocycles.